The number of nitrogens with one attached hydrogen (secondary N) is 1. The zero-order valence-electron chi connectivity index (χ0n) is 16.8. The van der Waals surface area contributed by atoms with E-state index in [1.807, 2.05) is 4.90 Å². The Morgan fingerprint density at radius 2 is 2.00 bits per heavy atom. The molecule has 29 heavy (non-hydrogen) atoms. The normalized spacial score (nSPS) is 17.7. The van der Waals surface area contributed by atoms with E-state index in [1.54, 1.807) is 24.3 Å². The monoisotopic (exact) mass is 401 g/mol. The molecular formula is C21H27N3O5. The number of carbonyl (C=O) groups excluding carboxylic acids is 3. The Kier molecular flexibility index (Phi) is 6.53. The minimum absolute atomic E-state index is 0.0395. The molecule has 2 aliphatic rings. The number of nitrogens with zero attached hydrogens (tertiary/aromatic N) is 2. The summed E-state index contributed by atoms with van der Waals surface area (Å²) < 4.78 is 4.79. The average Bonchev–Trinajstić information content (AvgIpc) is 3.03. The summed E-state index contributed by atoms with van der Waals surface area (Å²) in [7, 11) is 1.25. The van der Waals surface area contributed by atoms with Gasteiger partial charge in [-0.2, -0.15) is 0 Å². The molecule has 0 atom stereocenters. The van der Waals surface area contributed by atoms with Gasteiger partial charge in [-0.05, 0) is 37.0 Å². The van der Waals surface area contributed by atoms with Crippen molar-refractivity contribution in [3.05, 3.63) is 41.1 Å². The summed E-state index contributed by atoms with van der Waals surface area (Å²) in [5.74, 6) is -0.398. The first kappa shape index (κ1) is 20.9. The molecule has 0 spiro atoms. The van der Waals surface area contributed by atoms with Crippen molar-refractivity contribution >= 4 is 23.5 Å². The summed E-state index contributed by atoms with van der Waals surface area (Å²) in [6.45, 7) is 3.66. The summed E-state index contributed by atoms with van der Waals surface area (Å²) in [6, 6.07) is 6.91. The van der Waals surface area contributed by atoms with Gasteiger partial charge in [0.1, 0.15) is 5.70 Å². The van der Waals surface area contributed by atoms with Gasteiger partial charge in [-0.3, -0.25) is 9.59 Å². The van der Waals surface area contributed by atoms with Gasteiger partial charge in [0.05, 0.1) is 25.8 Å². The van der Waals surface area contributed by atoms with E-state index in [9.17, 15) is 14.4 Å². The molecular weight excluding hydrogens is 374 g/mol. The van der Waals surface area contributed by atoms with Crippen LogP contribution in [0.2, 0.25) is 0 Å². The Morgan fingerprint density at radius 1 is 1.28 bits per heavy atom. The molecule has 1 aromatic carbocycles. The number of piperidine rings is 1. The fourth-order valence-corrected chi connectivity index (χ4v) is 3.62. The zero-order valence-corrected chi connectivity index (χ0v) is 16.8. The number of carbonyl (C=O) groups is 3. The van der Waals surface area contributed by atoms with Gasteiger partial charge in [0, 0.05) is 30.9 Å². The number of hydrogen-bond acceptors (Lipinski definition) is 6. The van der Waals surface area contributed by atoms with Crippen LogP contribution in [-0.2, 0) is 14.3 Å². The van der Waals surface area contributed by atoms with Crippen LogP contribution in [0.15, 0.2) is 35.5 Å². The number of methoxy groups -OCH3 is 1. The van der Waals surface area contributed by atoms with Gasteiger partial charge in [-0.15, -0.1) is 0 Å². The minimum Gasteiger partial charge on any atom is -0.466 e. The van der Waals surface area contributed by atoms with E-state index in [1.165, 1.54) is 12.0 Å². The van der Waals surface area contributed by atoms with Crippen molar-refractivity contribution in [2.24, 2.45) is 5.92 Å². The van der Waals surface area contributed by atoms with Crippen LogP contribution < -0.4 is 5.32 Å². The van der Waals surface area contributed by atoms with E-state index in [2.05, 4.69) is 12.2 Å². The lowest BCUT2D eigenvalue weighted by atomic mass is 9.98. The van der Waals surface area contributed by atoms with Crippen molar-refractivity contribution in [1.82, 2.24) is 9.80 Å². The topological polar surface area (TPSA) is 99.2 Å². The number of aliphatic hydroxyl groups excluding tert-OH is 1. The summed E-state index contributed by atoms with van der Waals surface area (Å²) in [4.78, 5) is 40.8. The summed E-state index contributed by atoms with van der Waals surface area (Å²) in [6.07, 6.45) is 1.99. The molecule has 2 aliphatic heterocycles. The van der Waals surface area contributed by atoms with Gasteiger partial charge in [0.15, 0.2) is 0 Å². The third-order valence-corrected chi connectivity index (χ3v) is 5.40. The molecule has 2 amide bonds. The molecule has 0 aromatic heterocycles. The Morgan fingerprint density at radius 3 is 2.66 bits per heavy atom. The van der Waals surface area contributed by atoms with Gasteiger partial charge >= 0.3 is 5.97 Å². The minimum atomic E-state index is -0.601. The zero-order chi connectivity index (χ0) is 21.0. The van der Waals surface area contributed by atoms with E-state index in [-0.39, 0.29) is 42.8 Å². The van der Waals surface area contributed by atoms with Crippen LogP contribution in [0.4, 0.5) is 5.69 Å². The number of aliphatic hydroxyl groups is 1. The Balaban J connectivity index is 1.80. The second kappa shape index (κ2) is 9.09. The molecule has 0 aliphatic carbocycles. The summed E-state index contributed by atoms with van der Waals surface area (Å²) in [5, 5.41) is 12.1. The van der Waals surface area contributed by atoms with E-state index >= 15 is 0 Å². The van der Waals surface area contributed by atoms with Crippen LogP contribution in [0.5, 0.6) is 0 Å². The van der Waals surface area contributed by atoms with Crippen molar-refractivity contribution in [3.8, 4) is 0 Å². The summed E-state index contributed by atoms with van der Waals surface area (Å²) >= 11 is 0. The first-order chi connectivity index (χ1) is 13.9. The van der Waals surface area contributed by atoms with Crippen LogP contribution in [0.3, 0.4) is 0 Å². The Labute approximate surface area is 170 Å². The highest BCUT2D eigenvalue weighted by atomic mass is 16.5. The molecule has 0 radical (unpaired) electrons. The molecule has 1 fully saturated rings. The third-order valence-electron chi connectivity index (χ3n) is 5.40. The predicted octanol–water partition coefficient (Wildman–Crippen LogP) is 1.23. The second-order valence-electron chi connectivity index (χ2n) is 7.48. The van der Waals surface area contributed by atoms with E-state index in [4.69, 9.17) is 9.84 Å². The number of hydrogen-bond donors (Lipinski definition) is 2. The van der Waals surface area contributed by atoms with Crippen molar-refractivity contribution < 1.29 is 24.2 Å². The highest BCUT2D eigenvalue weighted by molar-refractivity contribution is 6.08. The number of amides is 2. The maximum atomic E-state index is 12.8. The maximum absolute atomic E-state index is 12.8. The molecule has 8 nitrogen and oxygen atoms in total. The van der Waals surface area contributed by atoms with Crippen molar-refractivity contribution in [2.45, 2.75) is 19.8 Å². The maximum Gasteiger partial charge on any atom is 0.337 e. The van der Waals surface area contributed by atoms with Gasteiger partial charge in [-0.1, -0.05) is 13.0 Å². The Hall–Kier alpha value is -2.87. The van der Waals surface area contributed by atoms with Gasteiger partial charge in [0.25, 0.3) is 11.8 Å². The lowest BCUT2D eigenvalue weighted by Crippen LogP contribution is -2.37. The molecule has 2 heterocycles. The molecule has 3 rings (SSSR count). The average molecular weight is 401 g/mol. The van der Waals surface area contributed by atoms with E-state index in [0.717, 1.165) is 25.9 Å². The number of rotatable bonds is 6. The fraction of sp³-hybridized carbons (Fsp3) is 0.476. The smallest absolute Gasteiger partial charge is 0.337 e. The van der Waals surface area contributed by atoms with Crippen LogP contribution in [-0.4, -0.2) is 72.6 Å². The molecule has 0 bridgehead atoms. The number of anilines is 1. The first-order valence-electron chi connectivity index (χ1n) is 9.82. The second-order valence-corrected chi connectivity index (χ2v) is 7.48. The quantitative estimate of drug-likeness (QED) is 0.696. The number of benzene rings is 1. The van der Waals surface area contributed by atoms with Crippen molar-refractivity contribution in [3.63, 3.8) is 0 Å². The molecule has 1 saturated heterocycles. The Bertz CT molecular complexity index is 827. The lowest BCUT2D eigenvalue weighted by molar-refractivity contribution is -0.136. The lowest BCUT2D eigenvalue weighted by Gasteiger charge is -2.30. The van der Waals surface area contributed by atoms with Crippen molar-refractivity contribution in [2.75, 3.05) is 45.2 Å². The van der Waals surface area contributed by atoms with Crippen LogP contribution >= 0.6 is 0 Å². The third kappa shape index (κ3) is 4.59. The van der Waals surface area contributed by atoms with Gasteiger partial charge < -0.3 is 25.0 Å². The molecule has 1 aromatic rings. The first-order valence-corrected chi connectivity index (χ1v) is 9.82. The SMILES string of the molecule is COC(=O)C1=C(Nc2cccc(C(=O)N3CCC(C)CC3)c2)C(=O)N(CCO)C1. The predicted molar refractivity (Wildman–Crippen MR) is 107 cm³/mol. The molecule has 0 saturated carbocycles. The number of ether oxygens (including phenoxy) is 1. The van der Waals surface area contributed by atoms with E-state index < -0.39 is 5.97 Å². The van der Waals surface area contributed by atoms with Gasteiger partial charge in [-0.25, -0.2) is 4.79 Å². The molecule has 0 unspecified atom stereocenters. The van der Waals surface area contributed by atoms with Gasteiger partial charge in [0.2, 0.25) is 0 Å². The largest absolute Gasteiger partial charge is 0.466 e. The van der Waals surface area contributed by atoms with Crippen LogP contribution in [0, 0.1) is 5.92 Å². The van der Waals surface area contributed by atoms with Crippen molar-refractivity contribution in [1.29, 1.82) is 0 Å². The molecule has 8 heteroatoms. The highest BCUT2D eigenvalue weighted by Crippen LogP contribution is 2.24. The number of likely N-dealkylation sites (tertiary alicyclic amines) is 1. The van der Waals surface area contributed by atoms with Crippen LogP contribution in [0.25, 0.3) is 0 Å². The van der Waals surface area contributed by atoms with Crippen LogP contribution in [0.1, 0.15) is 30.1 Å². The fourth-order valence-electron chi connectivity index (χ4n) is 3.62. The summed E-state index contributed by atoms with van der Waals surface area (Å²) in [5.41, 5.74) is 1.38. The number of esters is 1. The number of β-amino-alcohol motifs (C(OH)–C–C–N with tert-alkyl or cyclic N) is 1. The molecule has 156 valence electrons. The standard InChI is InChI=1S/C21H27N3O5/c1-14-6-8-23(9-7-14)19(26)15-4-3-5-16(12-15)22-18-17(21(28)29-2)13-24(10-11-25)20(18)27/h3-5,12,14,22,25H,6-11,13H2,1-2H3. The molecule has 2 N–H and O–H groups in total. The highest BCUT2D eigenvalue weighted by Gasteiger charge is 2.34. The van der Waals surface area contributed by atoms with E-state index in [0.29, 0.717) is 17.2 Å².